The lowest BCUT2D eigenvalue weighted by Gasteiger charge is -2.33. The summed E-state index contributed by atoms with van der Waals surface area (Å²) in [6.45, 7) is 3.07. The van der Waals surface area contributed by atoms with Gasteiger partial charge < -0.3 is 9.30 Å². The van der Waals surface area contributed by atoms with Crippen molar-refractivity contribution in [3.05, 3.63) is 41.2 Å². The van der Waals surface area contributed by atoms with E-state index in [2.05, 4.69) is 26.7 Å². The van der Waals surface area contributed by atoms with Crippen LogP contribution in [0, 0.1) is 0 Å². The van der Waals surface area contributed by atoms with E-state index < -0.39 is 11.7 Å². The van der Waals surface area contributed by atoms with Gasteiger partial charge in [-0.3, -0.25) is 4.90 Å². The van der Waals surface area contributed by atoms with Crippen molar-refractivity contribution in [2.45, 2.75) is 61.9 Å². The summed E-state index contributed by atoms with van der Waals surface area (Å²) in [6.07, 6.45) is 2.85. The number of halogens is 3. The van der Waals surface area contributed by atoms with Crippen molar-refractivity contribution in [1.82, 2.24) is 19.7 Å². The number of ether oxygens (including phenoxy) is 1. The van der Waals surface area contributed by atoms with Crippen molar-refractivity contribution in [1.29, 1.82) is 0 Å². The Hall–Kier alpha value is -1.58. The van der Waals surface area contributed by atoms with E-state index in [0.717, 1.165) is 53.9 Å². The van der Waals surface area contributed by atoms with Crippen LogP contribution in [0.1, 0.15) is 67.5 Å². The van der Waals surface area contributed by atoms with E-state index in [1.807, 2.05) is 0 Å². The molecule has 9 heteroatoms. The molecule has 2 aliphatic rings. The molecule has 2 heterocycles. The first-order chi connectivity index (χ1) is 15.4. The molecule has 1 aliphatic heterocycles. The molecule has 4 rings (SSSR count). The minimum absolute atomic E-state index is 0.185. The second-order valence-corrected chi connectivity index (χ2v) is 9.78. The quantitative estimate of drug-likeness (QED) is 0.400. The standard InChI is InChI=1S/C23H31F3N4OS/c1-29-21(18-6-3-2-4-7-18)27-28-22(29)32-15-5-12-30-13-14-31-20(16-30)17-8-10-19(11-9-17)23(24,25)26/h8-11,18,20H,2-7,12-16H2,1H3. The van der Waals surface area contributed by atoms with Gasteiger partial charge in [-0.05, 0) is 43.5 Å². The zero-order valence-electron chi connectivity index (χ0n) is 18.5. The minimum Gasteiger partial charge on any atom is -0.371 e. The van der Waals surface area contributed by atoms with Gasteiger partial charge in [0.25, 0.3) is 0 Å². The van der Waals surface area contributed by atoms with Crippen LogP contribution in [0.4, 0.5) is 13.2 Å². The molecular formula is C23H31F3N4OS. The average Bonchev–Trinajstić information content (AvgIpc) is 3.17. The molecule has 32 heavy (non-hydrogen) atoms. The molecule has 0 bridgehead atoms. The molecule has 1 atom stereocenters. The number of thioether (sulfide) groups is 1. The largest absolute Gasteiger partial charge is 0.416 e. The van der Waals surface area contributed by atoms with Crippen molar-refractivity contribution >= 4 is 11.8 Å². The molecule has 5 nitrogen and oxygen atoms in total. The van der Waals surface area contributed by atoms with Crippen LogP contribution in [0.15, 0.2) is 29.4 Å². The fraction of sp³-hybridized carbons (Fsp3) is 0.652. The third-order valence-electron chi connectivity index (χ3n) is 6.45. The lowest BCUT2D eigenvalue weighted by Crippen LogP contribution is -2.39. The summed E-state index contributed by atoms with van der Waals surface area (Å²) >= 11 is 1.75. The summed E-state index contributed by atoms with van der Waals surface area (Å²) in [6, 6.07) is 5.34. The van der Waals surface area contributed by atoms with Gasteiger partial charge in [0.2, 0.25) is 0 Å². The lowest BCUT2D eigenvalue weighted by molar-refractivity contribution is -0.137. The number of aromatic nitrogens is 3. The van der Waals surface area contributed by atoms with Crippen LogP contribution in [-0.4, -0.2) is 51.7 Å². The monoisotopic (exact) mass is 468 g/mol. The molecule has 1 saturated heterocycles. The predicted octanol–water partition coefficient (Wildman–Crippen LogP) is 5.44. The third kappa shape index (κ3) is 5.85. The Kier molecular flexibility index (Phi) is 7.78. The van der Waals surface area contributed by atoms with E-state index in [9.17, 15) is 13.2 Å². The van der Waals surface area contributed by atoms with Gasteiger partial charge in [0.15, 0.2) is 5.16 Å². The molecule has 0 amide bonds. The van der Waals surface area contributed by atoms with Gasteiger partial charge in [-0.2, -0.15) is 13.2 Å². The summed E-state index contributed by atoms with van der Waals surface area (Å²) in [4.78, 5) is 2.33. The highest BCUT2D eigenvalue weighted by atomic mass is 32.2. The maximum atomic E-state index is 12.8. The van der Waals surface area contributed by atoms with E-state index >= 15 is 0 Å². The van der Waals surface area contributed by atoms with Gasteiger partial charge in [-0.25, -0.2) is 0 Å². The van der Waals surface area contributed by atoms with Gasteiger partial charge in [0, 0.05) is 31.8 Å². The van der Waals surface area contributed by atoms with Crippen molar-refractivity contribution in [3.8, 4) is 0 Å². The molecule has 0 radical (unpaired) electrons. The zero-order valence-corrected chi connectivity index (χ0v) is 19.3. The fourth-order valence-corrected chi connectivity index (χ4v) is 5.46. The SMILES string of the molecule is Cn1c(SCCCN2CCOC(c3ccc(C(F)(F)F)cc3)C2)nnc1C1CCCCC1. The van der Waals surface area contributed by atoms with Crippen LogP contribution in [0.25, 0.3) is 0 Å². The normalized spacial score (nSPS) is 21.2. The molecule has 0 spiro atoms. The topological polar surface area (TPSA) is 43.2 Å². The Morgan fingerprint density at radius 1 is 1.09 bits per heavy atom. The highest BCUT2D eigenvalue weighted by Gasteiger charge is 2.31. The Bertz CT molecular complexity index is 865. The van der Waals surface area contributed by atoms with Crippen molar-refractivity contribution in [2.75, 3.05) is 32.0 Å². The van der Waals surface area contributed by atoms with Crippen molar-refractivity contribution in [3.63, 3.8) is 0 Å². The van der Waals surface area contributed by atoms with E-state index in [4.69, 9.17) is 4.74 Å². The number of rotatable bonds is 7. The van der Waals surface area contributed by atoms with Gasteiger partial charge in [-0.15, -0.1) is 10.2 Å². The maximum absolute atomic E-state index is 12.8. The summed E-state index contributed by atoms with van der Waals surface area (Å²) < 4.78 is 46.4. The summed E-state index contributed by atoms with van der Waals surface area (Å²) in [5, 5.41) is 9.86. The molecule has 2 aromatic rings. The first-order valence-electron chi connectivity index (χ1n) is 11.4. The van der Waals surface area contributed by atoms with Crippen LogP contribution >= 0.6 is 11.8 Å². The Labute approximate surface area is 191 Å². The number of hydrogen-bond acceptors (Lipinski definition) is 5. The van der Waals surface area contributed by atoms with Crippen molar-refractivity contribution in [2.24, 2.45) is 7.05 Å². The minimum atomic E-state index is -4.31. The van der Waals surface area contributed by atoms with Crippen LogP contribution in [0.2, 0.25) is 0 Å². The van der Waals surface area contributed by atoms with Crippen LogP contribution in [-0.2, 0) is 18.0 Å². The van der Waals surface area contributed by atoms with Gasteiger partial charge in [-0.1, -0.05) is 43.2 Å². The van der Waals surface area contributed by atoms with Crippen molar-refractivity contribution < 1.29 is 17.9 Å². The number of hydrogen-bond donors (Lipinski definition) is 0. The Morgan fingerprint density at radius 2 is 1.84 bits per heavy atom. The second-order valence-electron chi connectivity index (χ2n) is 8.72. The molecule has 1 aromatic carbocycles. The molecular weight excluding hydrogens is 437 g/mol. The molecule has 176 valence electrons. The van der Waals surface area contributed by atoms with E-state index in [0.29, 0.717) is 19.1 Å². The Balaban J connectivity index is 1.23. The highest BCUT2D eigenvalue weighted by Crippen LogP contribution is 2.33. The molecule has 1 unspecified atom stereocenters. The maximum Gasteiger partial charge on any atom is 0.416 e. The van der Waals surface area contributed by atoms with Gasteiger partial charge >= 0.3 is 6.18 Å². The van der Waals surface area contributed by atoms with Gasteiger partial charge in [0.1, 0.15) is 5.82 Å². The van der Waals surface area contributed by atoms with Gasteiger partial charge in [0.05, 0.1) is 18.3 Å². The number of nitrogens with zero attached hydrogens (tertiary/aromatic N) is 4. The van der Waals surface area contributed by atoms with E-state index in [1.54, 1.807) is 11.8 Å². The molecule has 1 aliphatic carbocycles. The molecule has 0 N–H and O–H groups in total. The first kappa shape index (κ1) is 23.6. The molecule has 1 saturated carbocycles. The van der Waals surface area contributed by atoms with E-state index in [-0.39, 0.29) is 6.10 Å². The Morgan fingerprint density at radius 3 is 2.56 bits per heavy atom. The molecule has 2 fully saturated rings. The van der Waals surface area contributed by atoms with Crippen LogP contribution in [0.5, 0.6) is 0 Å². The summed E-state index contributed by atoms with van der Waals surface area (Å²) in [5.41, 5.74) is 0.174. The number of benzene rings is 1. The molecule has 1 aromatic heterocycles. The second kappa shape index (κ2) is 10.6. The van der Waals surface area contributed by atoms with Crippen LogP contribution in [0.3, 0.4) is 0 Å². The zero-order chi connectivity index (χ0) is 22.6. The smallest absolute Gasteiger partial charge is 0.371 e. The lowest BCUT2D eigenvalue weighted by atomic mass is 9.89. The summed E-state index contributed by atoms with van der Waals surface area (Å²) in [7, 11) is 2.07. The predicted molar refractivity (Wildman–Crippen MR) is 119 cm³/mol. The highest BCUT2D eigenvalue weighted by molar-refractivity contribution is 7.99. The summed E-state index contributed by atoms with van der Waals surface area (Å²) in [5.74, 6) is 2.63. The average molecular weight is 469 g/mol. The number of alkyl halides is 3. The number of morpholine rings is 1. The van der Waals surface area contributed by atoms with Crippen LogP contribution < -0.4 is 0 Å². The fourth-order valence-electron chi connectivity index (χ4n) is 4.61. The first-order valence-corrected chi connectivity index (χ1v) is 12.4. The third-order valence-corrected chi connectivity index (χ3v) is 7.56. The van der Waals surface area contributed by atoms with E-state index in [1.165, 1.54) is 44.2 Å².